The van der Waals surface area contributed by atoms with Crippen molar-refractivity contribution in [3.8, 4) is 0 Å². The number of aromatic amines is 1. The third-order valence-electron chi connectivity index (χ3n) is 1.82. The fraction of sp³-hybridized carbons (Fsp3) is 0.500. The molecule has 1 aromatic heterocycles. The molecule has 0 amide bonds. The summed E-state index contributed by atoms with van der Waals surface area (Å²) in [6.07, 6.45) is 0.941. The minimum atomic E-state index is 0.705. The smallest absolute Gasteiger partial charge is 0.0414 e. The van der Waals surface area contributed by atoms with Crippen molar-refractivity contribution in [2.75, 3.05) is 6.54 Å². The Morgan fingerprint density at radius 1 is 1.36 bits per heavy atom. The molecule has 0 saturated carbocycles. The van der Waals surface area contributed by atoms with E-state index in [0.29, 0.717) is 6.54 Å². The molecule has 2 nitrogen and oxygen atoms in total. The molecule has 0 radical (unpaired) electrons. The summed E-state index contributed by atoms with van der Waals surface area (Å²) in [4.78, 5) is 3.26. The van der Waals surface area contributed by atoms with Crippen molar-refractivity contribution < 1.29 is 0 Å². The lowest BCUT2D eigenvalue weighted by molar-refractivity contribution is 0.953. The molecule has 0 fully saturated rings. The lowest BCUT2D eigenvalue weighted by atomic mass is 10.2. The molecular weight excluding hydrogens is 204 g/mol. The quantitative estimate of drug-likeness (QED) is 0.780. The molecule has 0 aliphatic carbocycles. The molecule has 0 aliphatic rings. The third kappa shape index (κ3) is 1.65. The molecule has 0 unspecified atom stereocenters. The summed E-state index contributed by atoms with van der Waals surface area (Å²) < 4.78 is 1.18. The van der Waals surface area contributed by atoms with Gasteiger partial charge in [-0.05, 0) is 48.3 Å². The van der Waals surface area contributed by atoms with Crippen molar-refractivity contribution in [2.24, 2.45) is 5.73 Å². The topological polar surface area (TPSA) is 41.8 Å². The summed E-state index contributed by atoms with van der Waals surface area (Å²) >= 11 is 3.52. The Kier molecular flexibility index (Phi) is 2.73. The van der Waals surface area contributed by atoms with Gasteiger partial charge in [-0.1, -0.05) is 0 Å². The summed E-state index contributed by atoms with van der Waals surface area (Å²) in [5.41, 5.74) is 9.19. The Bertz CT molecular complexity index is 253. The van der Waals surface area contributed by atoms with Gasteiger partial charge in [0.05, 0.1) is 0 Å². The second-order valence-corrected chi connectivity index (χ2v) is 3.50. The first-order valence-corrected chi connectivity index (χ1v) is 4.49. The lowest BCUT2D eigenvalue weighted by Crippen LogP contribution is -2.03. The number of hydrogen-bond donors (Lipinski definition) is 2. The molecule has 0 atom stereocenters. The van der Waals surface area contributed by atoms with Crippen molar-refractivity contribution in [3.05, 3.63) is 21.4 Å². The maximum absolute atomic E-state index is 5.47. The average molecular weight is 217 g/mol. The van der Waals surface area contributed by atoms with Crippen LogP contribution >= 0.6 is 15.9 Å². The second kappa shape index (κ2) is 3.41. The predicted molar refractivity (Wildman–Crippen MR) is 50.7 cm³/mol. The number of aryl methyl sites for hydroxylation is 2. The zero-order valence-corrected chi connectivity index (χ0v) is 8.46. The van der Waals surface area contributed by atoms with Crippen LogP contribution in [0.3, 0.4) is 0 Å². The van der Waals surface area contributed by atoms with Crippen LogP contribution in [0, 0.1) is 13.8 Å². The molecule has 0 bridgehead atoms. The predicted octanol–water partition coefficient (Wildman–Crippen LogP) is 1.90. The van der Waals surface area contributed by atoms with Crippen molar-refractivity contribution in [1.29, 1.82) is 0 Å². The van der Waals surface area contributed by atoms with E-state index in [1.54, 1.807) is 0 Å². The first-order chi connectivity index (χ1) is 5.16. The molecule has 1 aromatic rings. The van der Waals surface area contributed by atoms with Gasteiger partial charge in [0.1, 0.15) is 0 Å². The van der Waals surface area contributed by atoms with Crippen molar-refractivity contribution in [2.45, 2.75) is 20.3 Å². The number of hydrogen-bond acceptors (Lipinski definition) is 1. The largest absolute Gasteiger partial charge is 0.362 e. The number of aromatic nitrogens is 1. The third-order valence-corrected chi connectivity index (χ3v) is 2.89. The average Bonchev–Trinajstić information content (AvgIpc) is 2.17. The SMILES string of the molecule is Cc1[nH]c(C)c(CCN)c1Br. The van der Waals surface area contributed by atoms with E-state index >= 15 is 0 Å². The van der Waals surface area contributed by atoms with E-state index in [-0.39, 0.29) is 0 Å². The van der Waals surface area contributed by atoms with Crippen LogP contribution in [0.1, 0.15) is 17.0 Å². The highest BCUT2D eigenvalue weighted by atomic mass is 79.9. The van der Waals surface area contributed by atoms with Crippen LogP contribution < -0.4 is 5.73 Å². The molecule has 0 aliphatic heterocycles. The normalized spacial score (nSPS) is 10.5. The molecule has 0 aromatic carbocycles. The van der Waals surface area contributed by atoms with Crippen molar-refractivity contribution in [1.82, 2.24) is 4.98 Å². The van der Waals surface area contributed by atoms with Crippen molar-refractivity contribution >= 4 is 15.9 Å². The highest BCUT2D eigenvalue weighted by Gasteiger charge is 2.07. The van der Waals surface area contributed by atoms with Crippen LogP contribution in [0.2, 0.25) is 0 Å². The first-order valence-electron chi connectivity index (χ1n) is 3.70. The molecule has 3 heteroatoms. The standard InChI is InChI=1S/C8H13BrN2/c1-5-7(3-4-10)8(9)6(2)11-5/h11H,3-4,10H2,1-2H3. The maximum atomic E-state index is 5.47. The zero-order chi connectivity index (χ0) is 8.43. The fourth-order valence-electron chi connectivity index (χ4n) is 1.24. The highest BCUT2D eigenvalue weighted by Crippen LogP contribution is 2.24. The summed E-state index contributed by atoms with van der Waals surface area (Å²) in [6.45, 7) is 4.83. The van der Waals surface area contributed by atoms with E-state index in [2.05, 4.69) is 34.8 Å². The van der Waals surface area contributed by atoms with E-state index < -0.39 is 0 Å². The van der Waals surface area contributed by atoms with Gasteiger partial charge in [-0.2, -0.15) is 0 Å². The van der Waals surface area contributed by atoms with Crippen molar-refractivity contribution in [3.63, 3.8) is 0 Å². The minimum Gasteiger partial charge on any atom is -0.362 e. The maximum Gasteiger partial charge on any atom is 0.0414 e. The van der Waals surface area contributed by atoms with Gasteiger partial charge in [0.25, 0.3) is 0 Å². The molecule has 1 rings (SSSR count). The Morgan fingerprint density at radius 2 is 2.00 bits per heavy atom. The molecule has 0 spiro atoms. The Hall–Kier alpha value is -0.280. The molecule has 1 heterocycles. The van der Waals surface area contributed by atoms with Gasteiger partial charge in [-0.3, -0.25) is 0 Å². The first kappa shape index (κ1) is 8.81. The Morgan fingerprint density at radius 3 is 2.36 bits per heavy atom. The minimum absolute atomic E-state index is 0.705. The summed E-state index contributed by atoms with van der Waals surface area (Å²) in [5.74, 6) is 0. The number of halogens is 1. The van der Waals surface area contributed by atoms with E-state index in [0.717, 1.165) is 6.42 Å². The number of nitrogens with two attached hydrogens (primary N) is 1. The molecule has 62 valence electrons. The van der Waals surface area contributed by atoms with Gasteiger partial charge in [0.15, 0.2) is 0 Å². The van der Waals surface area contributed by atoms with Crippen LogP contribution in [-0.2, 0) is 6.42 Å². The van der Waals surface area contributed by atoms with Crippen LogP contribution in [0.15, 0.2) is 4.47 Å². The van der Waals surface area contributed by atoms with Gasteiger partial charge in [0, 0.05) is 15.9 Å². The Balaban J connectivity index is 3.02. The summed E-state index contributed by atoms with van der Waals surface area (Å²) in [5, 5.41) is 0. The number of rotatable bonds is 2. The van der Waals surface area contributed by atoms with Gasteiger partial charge < -0.3 is 10.7 Å². The zero-order valence-electron chi connectivity index (χ0n) is 6.87. The van der Waals surface area contributed by atoms with E-state index in [1.165, 1.54) is 21.4 Å². The molecule has 0 saturated heterocycles. The molecule has 11 heavy (non-hydrogen) atoms. The monoisotopic (exact) mass is 216 g/mol. The van der Waals surface area contributed by atoms with Gasteiger partial charge >= 0.3 is 0 Å². The van der Waals surface area contributed by atoms with Crippen LogP contribution in [-0.4, -0.2) is 11.5 Å². The van der Waals surface area contributed by atoms with Crippen LogP contribution in [0.5, 0.6) is 0 Å². The van der Waals surface area contributed by atoms with Gasteiger partial charge in [0.2, 0.25) is 0 Å². The van der Waals surface area contributed by atoms with Gasteiger partial charge in [-0.15, -0.1) is 0 Å². The summed E-state index contributed by atoms with van der Waals surface area (Å²) in [7, 11) is 0. The fourth-order valence-corrected chi connectivity index (χ4v) is 1.84. The van der Waals surface area contributed by atoms with E-state index in [4.69, 9.17) is 5.73 Å². The Labute approximate surface area is 75.3 Å². The summed E-state index contributed by atoms with van der Waals surface area (Å²) in [6, 6.07) is 0. The van der Waals surface area contributed by atoms with Crippen LogP contribution in [0.4, 0.5) is 0 Å². The number of nitrogens with one attached hydrogen (secondary N) is 1. The second-order valence-electron chi connectivity index (χ2n) is 2.71. The number of H-pyrrole nitrogens is 1. The van der Waals surface area contributed by atoms with E-state index in [1.807, 2.05) is 0 Å². The van der Waals surface area contributed by atoms with Gasteiger partial charge in [-0.25, -0.2) is 0 Å². The molecule has 3 N–H and O–H groups in total. The van der Waals surface area contributed by atoms with Crippen LogP contribution in [0.25, 0.3) is 0 Å². The molecular formula is C8H13BrN2. The lowest BCUT2D eigenvalue weighted by Gasteiger charge is -1.96. The highest BCUT2D eigenvalue weighted by molar-refractivity contribution is 9.10. The van der Waals surface area contributed by atoms with E-state index in [9.17, 15) is 0 Å².